The molecule has 0 atom stereocenters. The quantitative estimate of drug-likeness (QED) is 0.607. The van der Waals surface area contributed by atoms with Crippen molar-refractivity contribution in [2.45, 2.75) is 26.2 Å². The maximum Gasteiger partial charge on any atom is -0.0204 e. The van der Waals surface area contributed by atoms with Gasteiger partial charge in [0.1, 0.15) is 0 Å². The van der Waals surface area contributed by atoms with E-state index in [0.717, 1.165) is 19.3 Å². The van der Waals surface area contributed by atoms with Gasteiger partial charge in [-0.05, 0) is 30.4 Å². The fraction of sp³-hybridized carbons (Fsp3) is 0.308. The molecule has 0 aliphatic carbocycles. The van der Waals surface area contributed by atoms with E-state index in [9.17, 15) is 0 Å². The second-order valence-corrected chi connectivity index (χ2v) is 3.12. The van der Waals surface area contributed by atoms with Crippen LogP contribution in [-0.2, 0) is 6.42 Å². The van der Waals surface area contributed by atoms with Crippen LogP contribution in [0.15, 0.2) is 48.2 Å². The first kappa shape index (κ1) is 9.83. The van der Waals surface area contributed by atoms with Crippen molar-refractivity contribution in [1.82, 2.24) is 0 Å². The van der Waals surface area contributed by atoms with Crippen molar-refractivity contribution in [1.29, 1.82) is 0 Å². The van der Waals surface area contributed by atoms with Crippen LogP contribution in [0.25, 0.3) is 0 Å². The van der Waals surface area contributed by atoms with Gasteiger partial charge in [-0.2, -0.15) is 0 Å². The first-order valence-electron chi connectivity index (χ1n) is 4.78. The largest absolute Gasteiger partial charge is 0.130 e. The lowest BCUT2D eigenvalue weighted by atomic mass is 10.0. The van der Waals surface area contributed by atoms with Crippen LogP contribution in [0.5, 0.6) is 0 Å². The van der Waals surface area contributed by atoms with Crippen LogP contribution in [0, 0.1) is 0 Å². The Kier molecular flexibility index (Phi) is 4.08. The number of aryl methyl sites for hydroxylation is 1. The van der Waals surface area contributed by atoms with Gasteiger partial charge in [-0.1, -0.05) is 43.8 Å². The Morgan fingerprint density at radius 3 is 2.54 bits per heavy atom. The van der Waals surface area contributed by atoms with Gasteiger partial charge in [-0.15, -0.1) is 5.73 Å². The highest BCUT2D eigenvalue weighted by molar-refractivity contribution is 5.16. The van der Waals surface area contributed by atoms with Crippen molar-refractivity contribution in [2.24, 2.45) is 0 Å². The van der Waals surface area contributed by atoms with Crippen molar-refractivity contribution < 1.29 is 0 Å². The van der Waals surface area contributed by atoms with Crippen LogP contribution in [0.2, 0.25) is 0 Å². The normalized spacial score (nSPS) is 9.31. The SMILES string of the molecule is C=C=C(CC)CCc1ccccc1. The standard InChI is InChI=1S/C13H16/c1-3-12(4-2)10-11-13-8-6-5-7-9-13/h5-9H,1,4,10-11H2,2H3. The van der Waals surface area contributed by atoms with E-state index in [1.807, 2.05) is 6.07 Å². The molecule has 68 valence electrons. The Morgan fingerprint density at radius 2 is 2.00 bits per heavy atom. The molecule has 0 aromatic heterocycles. The van der Waals surface area contributed by atoms with E-state index < -0.39 is 0 Å². The van der Waals surface area contributed by atoms with Crippen molar-refractivity contribution in [2.75, 3.05) is 0 Å². The van der Waals surface area contributed by atoms with Crippen LogP contribution in [0.1, 0.15) is 25.3 Å². The molecule has 0 amide bonds. The molecule has 1 rings (SSSR count). The van der Waals surface area contributed by atoms with Gasteiger partial charge in [0.2, 0.25) is 0 Å². The summed E-state index contributed by atoms with van der Waals surface area (Å²) in [6.07, 6.45) is 3.26. The van der Waals surface area contributed by atoms with E-state index >= 15 is 0 Å². The molecule has 0 aliphatic heterocycles. The first-order chi connectivity index (χ1) is 6.36. The monoisotopic (exact) mass is 172 g/mol. The number of hydrogen-bond donors (Lipinski definition) is 0. The number of benzene rings is 1. The van der Waals surface area contributed by atoms with Gasteiger partial charge in [0.25, 0.3) is 0 Å². The third-order valence-electron chi connectivity index (χ3n) is 2.24. The molecule has 0 heterocycles. The zero-order valence-corrected chi connectivity index (χ0v) is 8.22. The zero-order valence-electron chi connectivity index (χ0n) is 8.22. The summed E-state index contributed by atoms with van der Waals surface area (Å²) in [5.41, 5.74) is 5.70. The molecule has 0 spiro atoms. The molecule has 0 nitrogen and oxygen atoms in total. The number of allylic oxidation sites excluding steroid dienone is 1. The Balaban J connectivity index is 2.48. The smallest absolute Gasteiger partial charge is 0.0204 e. The van der Waals surface area contributed by atoms with E-state index in [2.05, 4.69) is 43.5 Å². The minimum Gasteiger partial charge on any atom is -0.130 e. The summed E-state index contributed by atoms with van der Waals surface area (Å²) in [7, 11) is 0. The van der Waals surface area contributed by atoms with Gasteiger partial charge in [0, 0.05) is 0 Å². The Hall–Kier alpha value is -1.26. The number of hydrogen-bond acceptors (Lipinski definition) is 0. The Bertz CT molecular complexity index is 289. The predicted molar refractivity (Wildman–Crippen MR) is 57.7 cm³/mol. The lowest BCUT2D eigenvalue weighted by Crippen LogP contribution is -1.86. The highest BCUT2D eigenvalue weighted by Gasteiger charge is 1.94. The Labute approximate surface area is 80.6 Å². The lowest BCUT2D eigenvalue weighted by Gasteiger charge is -2.01. The summed E-state index contributed by atoms with van der Waals surface area (Å²) in [5.74, 6) is 0. The van der Waals surface area contributed by atoms with E-state index in [1.165, 1.54) is 11.1 Å². The van der Waals surface area contributed by atoms with Crippen molar-refractivity contribution in [3.8, 4) is 0 Å². The minimum absolute atomic E-state index is 1.07. The molecular weight excluding hydrogens is 156 g/mol. The fourth-order valence-corrected chi connectivity index (χ4v) is 1.33. The molecule has 13 heavy (non-hydrogen) atoms. The summed E-state index contributed by atoms with van der Waals surface area (Å²) >= 11 is 0. The van der Waals surface area contributed by atoms with E-state index in [-0.39, 0.29) is 0 Å². The molecular formula is C13H16. The third kappa shape index (κ3) is 3.31. The molecule has 0 N–H and O–H groups in total. The second-order valence-electron chi connectivity index (χ2n) is 3.12. The summed E-state index contributed by atoms with van der Waals surface area (Å²) in [5, 5.41) is 0. The van der Waals surface area contributed by atoms with Crippen molar-refractivity contribution in [3.05, 3.63) is 53.8 Å². The number of rotatable bonds is 4. The molecule has 0 bridgehead atoms. The van der Waals surface area contributed by atoms with Crippen LogP contribution in [-0.4, -0.2) is 0 Å². The molecule has 1 aromatic carbocycles. The van der Waals surface area contributed by atoms with Gasteiger partial charge >= 0.3 is 0 Å². The molecule has 0 aliphatic rings. The highest BCUT2D eigenvalue weighted by Crippen LogP contribution is 2.10. The van der Waals surface area contributed by atoms with Gasteiger partial charge in [-0.25, -0.2) is 0 Å². The molecule has 0 radical (unpaired) electrons. The van der Waals surface area contributed by atoms with Gasteiger partial charge in [0.05, 0.1) is 0 Å². The average molecular weight is 172 g/mol. The first-order valence-corrected chi connectivity index (χ1v) is 4.78. The fourth-order valence-electron chi connectivity index (χ4n) is 1.33. The van der Waals surface area contributed by atoms with E-state index in [1.54, 1.807) is 0 Å². The average Bonchev–Trinajstić information content (AvgIpc) is 2.21. The topological polar surface area (TPSA) is 0 Å². The van der Waals surface area contributed by atoms with Gasteiger partial charge < -0.3 is 0 Å². The van der Waals surface area contributed by atoms with Gasteiger partial charge in [-0.3, -0.25) is 0 Å². The summed E-state index contributed by atoms with van der Waals surface area (Å²) < 4.78 is 0. The van der Waals surface area contributed by atoms with Crippen molar-refractivity contribution >= 4 is 0 Å². The molecule has 0 saturated carbocycles. The molecule has 0 fully saturated rings. The summed E-state index contributed by atoms with van der Waals surface area (Å²) in [4.78, 5) is 0. The molecule has 0 saturated heterocycles. The maximum absolute atomic E-state index is 3.68. The zero-order chi connectivity index (χ0) is 9.52. The summed E-state index contributed by atoms with van der Waals surface area (Å²) in [6.45, 7) is 5.83. The Morgan fingerprint density at radius 1 is 1.31 bits per heavy atom. The third-order valence-corrected chi connectivity index (χ3v) is 2.24. The van der Waals surface area contributed by atoms with Crippen LogP contribution in [0.4, 0.5) is 0 Å². The maximum atomic E-state index is 3.68. The second kappa shape index (κ2) is 5.40. The predicted octanol–water partition coefficient (Wildman–Crippen LogP) is 3.74. The highest BCUT2D eigenvalue weighted by atomic mass is 14.0. The van der Waals surface area contributed by atoms with Crippen LogP contribution >= 0.6 is 0 Å². The van der Waals surface area contributed by atoms with Crippen LogP contribution in [0.3, 0.4) is 0 Å². The molecule has 1 aromatic rings. The van der Waals surface area contributed by atoms with E-state index in [4.69, 9.17) is 0 Å². The van der Waals surface area contributed by atoms with Crippen LogP contribution < -0.4 is 0 Å². The van der Waals surface area contributed by atoms with E-state index in [0.29, 0.717) is 0 Å². The molecule has 0 unspecified atom stereocenters. The minimum atomic E-state index is 1.07. The van der Waals surface area contributed by atoms with Crippen molar-refractivity contribution in [3.63, 3.8) is 0 Å². The molecule has 0 heteroatoms. The lowest BCUT2D eigenvalue weighted by molar-refractivity contribution is 0.888. The van der Waals surface area contributed by atoms with Gasteiger partial charge in [0.15, 0.2) is 0 Å². The summed E-state index contributed by atoms with van der Waals surface area (Å²) in [6, 6.07) is 10.5.